The molecule has 0 atom stereocenters. The van der Waals surface area contributed by atoms with E-state index in [0.717, 1.165) is 4.90 Å². The van der Waals surface area contributed by atoms with Gasteiger partial charge in [-0.15, -0.1) is 0 Å². The van der Waals surface area contributed by atoms with Crippen molar-refractivity contribution in [2.24, 2.45) is 5.73 Å². The van der Waals surface area contributed by atoms with Gasteiger partial charge in [-0.05, 0) is 6.07 Å². The maximum atomic E-state index is 12.2. The smallest absolute Gasteiger partial charge is 0.330 e. The Balaban J connectivity index is 2.75. The van der Waals surface area contributed by atoms with Crippen molar-refractivity contribution in [3.05, 3.63) is 18.5 Å². The largest absolute Gasteiger partial charge is 0.406 e. The molecule has 0 spiro atoms. The van der Waals surface area contributed by atoms with Gasteiger partial charge in [-0.25, -0.2) is 9.97 Å². The number of hydrogen-bond acceptors (Lipinski definition) is 4. The van der Waals surface area contributed by atoms with E-state index in [1.165, 1.54) is 18.5 Å². The quantitative estimate of drug-likeness (QED) is 0.815. The van der Waals surface area contributed by atoms with Gasteiger partial charge in [0, 0.05) is 25.5 Å². The highest BCUT2D eigenvalue weighted by atomic mass is 19.4. The minimum atomic E-state index is -4.28. The lowest BCUT2D eigenvalue weighted by atomic mass is 10.4. The van der Waals surface area contributed by atoms with Crippen LogP contribution in [0.4, 0.5) is 19.1 Å². The van der Waals surface area contributed by atoms with Crippen LogP contribution in [0.3, 0.4) is 0 Å². The van der Waals surface area contributed by atoms with E-state index < -0.39 is 12.7 Å². The molecule has 0 aliphatic rings. The van der Waals surface area contributed by atoms with Gasteiger partial charge in [0.25, 0.3) is 0 Å². The number of hydrogen-bond donors (Lipinski definition) is 1. The molecule has 0 aliphatic carbocycles. The van der Waals surface area contributed by atoms with Gasteiger partial charge in [-0.1, -0.05) is 0 Å². The third kappa shape index (κ3) is 4.11. The van der Waals surface area contributed by atoms with Gasteiger partial charge in [0.1, 0.15) is 6.54 Å². The van der Waals surface area contributed by atoms with Crippen LogP contribution in [0, 0.1) is 0 Å². The van der Waals surface area contributed by atoms with Gasteiger partial charge in [-0.2, -0.15) is 13.2 Å². The molecule has 0 bridgehead atoms. The molecule has 84 valence electrons. The van der Waals surface area contributed by atoms with E-state index in [4.69, 9.17) is 5.73 Å². The van der Waals surface area contributed by atoms with Crippen molar-refractivity contribution >= 4 is 5.95 Å². The maximum absolute atomic E-state index is 12.2. The van der Waals surface area contributed by atoms with Crippen LogP contribution in [0.2, 0.25) is 0 Å². The minimum absolute atomic E-state index is 0.0419. The number of alkyl halides is 3. The number of rotatable bonds is 4. The second-order valence-electron chi connectivity index (χ2n) is 2.87. The molecule has 0 saturated heterocycles. The second kappa shape index (κ2) is 4.92. The highest BCUT2D eigenvalue weighted by Gasteiger charge is 2.31. The van der Waals surface area contributed by atoms with Crippen LogP contribution in [0.15, 0.2) is 18.5 Å². The number of anilines is 1. The van der Waals surface area contributed by atoms with Gasteiger partial charge < -0.3 is 10.6 Å². The van der Waals surface area contributed by atoms with Gasteiger partial charge in [-0.3, -0.25) is 0 Å². The van der Waals surface area contributed by atoms with Crippen LogP contribution in [0.25, 0.3) is 0 Å². The summed E-state index contributed by atoms with van der Waals surface area (Å²) in [6.07, 6.45) is -1.50. The van der Waals surface area contributed by atoms with Gasteiger partial charge in [0.2, 0.25) is 5.95 Å². The predicted octanol–water partition coefficient (Wildman–Crippen LogP) is 0.804. The first-order valence-electron chi connectivity index (χ1n) is 4.32. The zero-order valence-electron chi connectivity index (χ0n) is 7.91. The van der Waals surface area contributed by atoms with E-state index >= 15 is 0 Å². The van der Waals surface area contributed by atoms with Crippen LogP contribution in [0.1, 0.15) is 0 Å². The molecule has 0 fully saturated rings. The first-order valence-corrected chi connectivity index (χ1v) is 4.32. The highest BCUT2D eigenvalue weighted by Crippen LogP contribution is 2.18. The minimum Gasteiger partial charge on any atom is -0.330 e. The summed E-state index contributed by atoms with van der Waals surface area (Å²) in [6.45, 7) is -0.897. The molecule has 7 heteroatoms. The van der Waals surface area contributed by atoms with Gasteiger partial charge >= 0.3 is 6.18 Å². The van der Waals surface area contributed by atoms with Crippen molar-refractivity contribution in [1.29, 1.82) is 0 Å². The van der Waals surface area contributed by atoms with E-state index in [2.05, 4.69) is 9.97 Å². The van der Waals surface area contributed by atoms with Crippen molar-refractivity contribution in [2.75, 3.05) is 24.5 Å². The van der Waals surface area contributed by atoms with E-state index in [9.17, 15) is 13.2 Å². The molecule has 0 unspecified atom stereocenters. The number of aromatic nitrogens is 2. The van der Waals surface area contributed by atoms with Crippen LogP contribution in [-0.2, 0) is 0 Å². The summed E-state index contributed by atoms with van der Waals surface area (Å²) in [5, 5.41) is 0. The summed E-state index contributed by atoms with van der Waals surface area (Å²) in [5.41, 5.74) is 5.22. The van der Waals surface area contributed by atoms with E-state index in [-0.39, 0.29) is 19.0 Å². The summed E-state index contributed by atoms with van der Waals surface area (Å²) in [7, 11) is 0. The molecule has 1 aromatic heterocycles. The average Bonchev–Trinajstić information content (AvgIpc) is 2.17. The molecule has 1 aromatic rings. The fourth-order valence-corrected chi connectivity index (χ4v) is 1.08. The van der Waals surface area contributed by atoms with Crippen LogP contribution < -0.4 is 10.6 Å². The number of halogens is 3. The molecule has 4 nitrogen and oxygen atoms in total. The fraction of sp³-hybridized carbons (Fsp3) is 0.500. The molecule has 2 N–H and O–H groups in total. The summed E-state index contributed by atoms with van der Waals surface area (Å²) < 4.78 is 36.5. The Morgan fingerprint density at radius 3 is 2.33 bits per heavy atom. The molecular weight excluding hydrogens is 209 g/mol. The second-order valence-corrected chi connectivity index (χ2v) is 2.87. The monoisotopic (exact) mass is 220 g/mol. The van der Waals surface area contributed by atoms with E-state index in [1.54, 1.807) is 0 Å². The molecular formula is C8H11F3N4. The molecule has 0 aliphatic heterocycles. The topological polar surface area (TPSA) is 55.0 Å². The molecule has 1 heterocycles. The van der Waals surface area contributed by atoms with Crippen LogP contribution in [0.5, 0.6) is 0 Å². The Labute approximate surface area is 84.9 Å². The highest BCUT2D eigenvalue weighted by molar-refractivity contribution is 5.28. The summed E-state index contributed by atoms with van der Waals surface area (Å²) in [6, 6.07) is 1.54. The Kier molecular flexibility index (Phi) is 3.84. The maximum Gasteiger partial charge on any atom is 0.406 e. The van der Waals surface area contributed by atoms with E-state index in [0.29, 0.717) is 0 Å². The molecule has 0 amide bonds. The van der Waals surface area contributed by atoms with Crippen LogP contribution in [-0.4, -0.2) is 35.8 Å². The van der Waals surface area contributed by atoms with E-state index in [1.807, 2.05) is 0 Å². The normalized spacial score (nSPS) is 11.5. The fourth-order valence-electron chi connectivity index (χ4n) is 1.08. The molecule has 15 heavy (non-hydrogen) atoms. The third-order valence-corrected chi connectivity index (χ3v) is 1.60. The van der Waals surface area contributed by atoms with Crippen LogP contribution >= 0.6 is 0 Å². The van der Waals surface area contributed by atoms with Crippen molar-refractivity contribution in [3.8, 4) is 0 Å². The summed E-state index contributed by atoms with van der Waals surface area (Å²) >= 11 is 0. The number of nitrogens with zero attached hydrogens (tertiary/aromatic N) is 3. The molecule has 1 rings (SSSR count). The SMILES string of the molecule is NCCN(CC(F)(F)F)c1ncccn1. The zero-order valence-corrected chi connectivity index (χ0v) is 7.91. The average molecular weight is 220 g/mol. The third-order valence-electron chi connectivity index (χ3n) is 1.60. The summed E-state index contributed by atoms with van der Waals surface area (Å²) in [4.78, 5) is 8.48. The zero-order chi connectivity index (χ0) is 11.3. The number of nitrogens with two attached hydrogens (primary N) is 1. The summed E-state index contributed by atoms with van der Waals surface area (Å²) in [5.74, 6) is 0.0419. The Hall–Kier alpha value is -1.37. The predicted molar refractivity (Wildman–Crippen MR) is 49.4 cm³/mol. The molecule has 0 radical (unpaired) electrons. The van der Waals surface area contributed by atoms with Crippen molar-refractivity contribution in [2.45, 2.75) is 6.18 Å². The Morgan fingerprint density at radius 1 is 1.27 bits per heavy atom. The Morgan fingerprint density at radius 2 is 1.87 bits per heavy atom. The van der Waals surface area contributed by atoms with Gasteiger partial charge in [0.05, 0.1) is 0 Å². The molecule has 0 saturated carbocycles. The lowest BCUT2D eigenvalue weighted by Gasteiger charge is -2.22. The first kappa shape index (κ1) is 11.7. The molecule has 0 aromatic carbocycles. The van der Waals surface area contributed by atoms with Gasteiger partial charge in [0.15, 0.2) is 0 Å². The lowest BCUT2D eigenvalue weighted by molar-refractivity contribution is -0.119. The van der Waals surface area contributed by atoms with Crippen molar-refractivity contribution in [3.63, 3.8) is 0 Å². The standard InChI is InChI=1S/C8H11F3N4/c9-8(10,11)6-15(5-2-12)7-13-3-1-4-14-7/h1,3-4H,2,5-6,12H2. The van der Waals surface area contributed by atoms with Crippen molar-refractivity contribution in [1.82, 2.24) is 9.97 Å². The Bertz CT molecular complexity index is 288. The lowest BCUT2D eigenvalue weighted by Crippen LogP contribution is -2.38. The van der Waals surface area contributed by atoms with Crippen molar-refractivity contribution < 1.29 is 13.2 Å². The first-order chi connectivity index (χ1) is 7.03.